The minimum absolute atomic E-state index is 0.245. The molecule has 1 unspecified atom stereocenters. The van der Waals surface area contributed by atoms with E-state index >= 15 is 0 Å². The maximum Gasteiger partial charge on any atom is 0.324 e. The molecule has 0 spiro atoms. The summed E-state index contributed by atoms with van der Waals surface area (Å²) in [5.41, 5.74) is 3.29. The minimum Gasteiger partial charge on any atom is -0.480 e. The minimum atomic E-state index is -1.30. The molecule has 1 atom stereocenters. The van der Waals surface area contributed by atoms with Crippen LogP contribution in [0.15, 0.2) is 0 Å². The molecule has 0 aromatic heterocycles. The zero-order chi connectivity index (χ0) is 12.1. The SMILES string of the molecule is CC1(C)N(O)CCC(N)(C(=O)O)C1(C)C. The standard InChI is InChI=1S/C10H20N2O3/c1-8(2)9(3,4)12(15)6-5-10(8,11)7(13)14/h15H,5-6,11H2,1-4H3,(H,13,14). The molecule has 5 heteroatoms. The fourth-order valence-electron chi connectivity index (χ4n) is 2.12. The van der Waals surface area contributed by atoms with E-state index in [9.17, 15) is 15.1 Å². The summed E-state index contributed by atoms with van der Waals surface area (Å²) in [6.07, 6.45) is 0.245. The Kier molecular flexibility index (Phi) is 2.62. The maximum absolute atomic E-state index is 11.3. The number of piperidine rings is 1. The lowest BCUT2D eigenvalue weighted by molar-refractivity contribution is -0.240. The molecule has 0 aromatic carbocycles. The lowest BCUT2D eigenvalue weighted by Gasteiger charge is -2.57. The van der Waals surface area contributed by atoms with Gasteiger partial charge in [0.1, 0.15) is 5.54 Å². The molecule has 1 aliphatic rings. The highest BCUT2D eigenvalue weighted by atomic mass is 16.5. The maximum atomic E-state index is 11.3. The fourth-order valence-corrected chi connectivity index (χ4v) is 2.12. The number of nitrogens with zero attached hydrogens (tertiary/aromatic N) is 1. The first-order valence-electron chi connectivity index (χ1n) is 5.06. The van der Waals surface area contributed by atoms with Gasteiger partial charge in [-0.1, -0.05) is 13.8 Å². The molecule has 4 N–H and O–H groups in total. The second-order valence-corrected chi connectivity index (χ2v) is 5.33. The number of hydroxylamine groups is 2. The summed E-state index contributed by atoms with van der Waals surface area (Å²) in [4.78, 5) is 11.3. The molecule has 1 fully saturated rings. The summed E-state index contributed by atoms with van der Waals surface area (Å²) in [6.45, 7) is 7.44. The first kappa shape index (κ1) is 12.4. The predicted octanol–water partition coefficient (Wildman–Crippen LogP) is 0.668. The number of rotatable bonds is 1. The van der Waals surface area contributed by atoms with Gasteiger partial charge in [0.05, 0.1) is 0 Å². The van der Waals surface area contributed by atoms with Crippen molar-refractivity contribution in [3.63, 3.8) is 0 Å². The molecule has 1 saturated heterocycles. The van der Waals surface area contributed by atoms with Crippen LogP contribution in [0.25, 0.3) is 0 Å². The van der Waals surface area contributed by atoms with E-state index < -0.39 is 22.5 Å². The third kappa shape index (κ3) is 1.38. The lowest BCUT2D eigenvalue weighted by Crippen LogP contribution is -2.73. The van der Waals surface area contributed by atoms with E-state index in [4.69, 9.17) is 5.73 Å². The zero-order valence-electron chi connectivity index (χ0n) is 9.74. The second kappa shape index (κ2) is 3.17. The second-order valence-electron chi connectivity index (χ2n) is 5.33. The van der Waals surface area contributed by atoms with Crippen molar-refractivity contribution >= 4 is 5.97 Å². The van der Waals surface area contributed by atoms with Crippen LogP contribution in [-0.4, -0.2) is 39.0 Å². The van der Waals surface area contributed by atoms with Gasteiger partial charge in [-0.15, -0.1) is 0 Å². The molecule has 15 heavy (non-hydrogen) atoms. The Morgan fingerprint density at radius 1 is 1.33 bits per heavy atom. The first-order chi connectivity index (χ1) is 6.57. The fraction of sp³-hybridized carbons (Fsp3) is 0.900. The summed E-state index contributed by atoms with van der Waals surface area (Å²) in [7, 11) is 0. The summed E-state index contributed by atoms with van der Waals surface area (Å²) in [5, 5.41) is 20.2. The summed E-state index contributed by atoms with van der Waals surface area (Å²) < 4.78 is 0. The van der Waals surface area contributed by atoms with Crippen molar-refractivity contribution in [3.8, 4) is 0 Å². The molecule has 1 aliphatic heterocycles. The molecule has 88 valence electrons. The van der Waals surface area contributed by atoms with Crippen LogP contribution in [0.1, 0.15) is 34.1 Å². The molecular formula is C10H20N2O3. The zero-order valence-corrected chi connectivity index (χ0v) is 9.74. The van der Waals surface area contributed by atoms with Gasteiger partial charge < -0.3 is 16.0 Å². The normalized spacial score (nSPS) is 35.1. The Morgan fingerprint density at radius 2 is 1.80 bits per heavy atom. The van der Waals surface area contributed by atoms with Gasteiger partial charge >= 0.3 is 5.97 Å². The molecule has 0 radical (unpaired) electrons. The van der Waals surface area contributed by atoms with Crippen molar-refractivity contribution in [2.75, 3.05) is 6.54 Å². The molecule has 0 bridgehead atoms. The van der Waals surface area contributed by atoms with Crippen LogP contribution in [0.3, 0.4) is 0 Å². The highest BCUT2D eigenvalue weighted by Crippen LogP contribution is 2.47. The van der Waals surface area contributed by atoms with E-state index in [1.54, 1.807) is 27.7 Å². The van der Waals surface area contributed by atoms with Gasteiger partial charge in [-0.2, -0.15) is 5.06 Å². The quantitative estimate of drug-likeness (QED) is 0.599. The highest BCUT2D eigenvalue weighted by Gasteiger charge is 2.60. The summed E-state index contributed by atoms with van der Waals surface area (Å²) >= 11 is 0. The molecule has 5 nitrogen and oxygen atoms in total. The third-order valence-electron chi connectivity index (χ3n) is 4.39. The largest absolute Gasteiger partial charge is 0.480 e. The van der Waals surface area contributed by atoms with E-state index in [1.807, 2.05) is 0 Å². The van der Waals surface area contributed by atoms with Crippen molar-refractivity contribution in [1.29, 1.82) is 0 Å². The Morgan fingerprint density at radius 3 is 2.20 bits per heavy atom. The van der Waals surface area contributed by atoms with E-state index in [1.165, 1.54) is 5.06 Å². The number of hydrogen-bond donors (Lipinski definition) is 3. The predicted molar refractivity (Wildman–Crippen MR) is 55.5 cm³/mol. The molecule has 1 rings (SSSR count). The van der Waals surface area contributed by atoms with E-state index in [2.05, 4.69) is 0 Å². The third-order valence-corrected chi connectivity index (χ3v) is 4.39. The van der Waals surface area contributed by atoms with Gasteiger partial charge in [-0.05, 0) is 20.3 Å². The van der Waals surface area contributed by atoms with Crippen LogP contribution in [0.5, 0.6) is 0 Å². The van der Waals surface area contributed by atoms with Crippen LogP contribution < -0.4 is 5.73 Å². The smallest absolute Gasteiger partial charge is 0.324 e. The van der Waals surface area contributed by atoms with Gasteiger partial charge in [-0.3, -0.25) is 4.79 Å². The van der Waals surface area contributed by atoms with Gasteiger partial charge in [0, 0.05) is 17.5 Å². The number of nitrogens with two attached hydrogens (primary N) is 1. The highest BCUT2D eigenvalue weighted by molar-refractivity contribution is 5.80. The van der Waals surface area contributed by atoms with E-state index in [0.29, 0.717) is 0 Å². The van der Waals surface area contributed by atoms with E-state index in [0.717, 1.165) is 0 Å². The van der Waals surface area contributed by atoms with Crippen LogP contribution in [-0.2, 0) is 4.79 Å². The number of carbonyl (C=O) groups is 1. The van der Waals surface area contributed by atoms with Crippen LogP contribution >= 0.6 is 0 Å². The molecule has 0 aromatic rings. The van der Waals surface area contributed by atoms with Gasteiger partial charge in [0.25, 0.3) is 0 Å². The Labute approximate surface area is 89.8 Å². The van der Waals surface area contributed by atoms with Crippen molar-refractivity contribution in [2.45, 2.75) is 45.2 Å². The van der Waals surface area contributed by atoms with Crippen molar-refractivity contribution < 1.29 is 15.1 Å². The first-order valence-corrected chi connectivity index (χ1v) is 5.06. The topological polar surface area (TPSA) is 86.8 Å². The number of aliphatic carboxylic acids is 1. The summed E-state index contributed by atoms with van der Waals surface area (Å²) in [6, 6.07) is 0. The Hall–Kier alpha value is -0.650. The van der Waals surface area contributed by atoms with Gasteiger partial charge in [0.15, 0.2) is 0 Å². The van der Waals surface area contributed by atoms with Crippen LogP contribution in [0, 0.1) is 5.41 Å². The van der Waals surface area contributed by atoms with Crippen LogP contribution in [0.4, 0.5) is 0 Å². The molecule has 0 amide bonds. The number of hydrogen-bond acceptors (Lipinski definition) is 4. The monoisotopic (exact) mass is 216 g/mol. The number of carboxylic acids is 1. The average molecular weight is 216 g/mol. The Balaban J connectivity index is 3.22. The van der Waals surface area contributed by atoms with Crippen molar-refractivity contribution in [3.05, 3.63) is 0 Å². The van der Waals surface area contributed by atoms with Crippen molar-refractivity contribution in [1.82, 2.24) is 5.06 Å². The van der Waals surface area contributed by atoms with Gasteiger partial charge in [-0.25, -0.2) is 0 Å². The molecular weight excluding hydrogens is 196 g/mol. The average Bonchev–Trinajstić information content (AvgIpc) is 2.10. The lowest BCUT2D eigenvalue weighted by atomic mass is 9.58. The molecule has 0 saturated carbocycles. The summed E-state index contributed by atoms with van der Waals surface area (Å²) in [5.74, 6) is -1.01. The molecule has 1 heterocycles. The van der Waals surface area contributed by atoms with Crippen molar-refractivity contribution in [2.24, 2.45) is 11.1 Å². The Bertz CT molecular complexity index is 288. The van der Waals surface area contributed by atoms with Gasteiger partial charge in [0.2, 0.25) is 0 Å². The number of carboxylic acid groups (broad SMARTS) is 1. The van der Waals surface area contributed by atoms with Crippen LogP contribution in [0.2, 0.25) is 0 Å². The van der Waals surface area contributed by atoms with E-state index in [-0.39, 0.29) is 13.0 Å². The molecule has 0 aliphatic carbocycles.